The van der Waals surface area contributed by atoms with Crippen molar-refractivity contribution in [1.29, 1.82) is 0 Å². The summed E-state index contributed by atoms with van der Waals surface area (Å²) in [6, 6.07) is 17.5. The van der Waals surface area contributed by atoms with Crippen molar-refractivity contribution >= 4 is 11.6 Å². The van der Waals surface area contributed by atoms with Gasteiger partial charge in [0.05, 0.1) is 0 Å². The molecule has 0 heteroatoms. The standard InChI is InChI=1S/C19H20/c1-14-8-9-18(17-10-11-17)13-19(14)12-15(2)16-6-4-3-5-7-16/h3-9,12-13,17H,10-11H2,1-2H3/b15-12+. The second kappa shape index (κ2) is 5.05. The fourth-order valence-electron chi connectivity index (χ4n) is 2.50. The van der Waals surface area contributed by atoms with Crippen LogP contribution in [0.5, 0.6) is 0 Å². The lowest BCUT2D eigenvalue weighted by Gasteiger charge is -2.07. The van der Waals surface area contributed by atoms with Gasteiger partial charge in [-0.3, -0.25) is 0 Å². The summed E-state index contributed by atoms with van der Waals surface area (Å²) >= 11 is 0. The highest BCUT2D eigenvalue weighted by atomic mass is 14.3. The number of aryl methyl sites for hydroxylation is 1. The molecule has 1 aliphatic rings. The minimum Gasteiger partial charge on any atom is -0.0622 e. The third-order valence-corrected chi connectivity index (χ3v) is 3.95. The van der Waals surface area contributed by atoms with Gasteiger partial charge in [-0.25, -0.2) is 0 Å². The lowest BCUT2D eigenvalue weighted by molar-refractivity contribution is 1.12. The van der Waals surface area contributed by atoms with Crippen molar-refractivity contribution in [2.24, 2.45) is 0 Å². The summed E-state index contributed by atoms with van der Waals surface area (Å²) in [5, 5.41) is 0. The van der Waals surface area contributed by atoms with Gasteiger partial charge in [0.15, 0.2) is 0 Å². The summed E-state index contributed by atoms with van der Waals surface area (Å²) < 4.78 is 0. The van der Waals surface area contributed by atoms with E-state index in [1.807, 2.05) is 0 Å². The van der Waals surface area contributed by atoms with Crippen LogP contribution in [-0.4, -0.2) is 0 Å². The lowest BCUT2D eigenvalue weighted by Crippen LogP contribution is -1.87. The minimum atomic E-state index is 0.824. The van der Waals surface area contributed by atoms with Crippen LogP contribution in [0.1, 0.15) is 47.9 Å². The normalized spacial score (nSPS) is 15.6. The molecular weight excluding hydrogens is 228 g/mol. The summed E-state index contributed by atoms with van der Waals surface area (Å²) in [6.45, 7) is 4.39. The maximum Gasteiger partial charge on any atom is -0.0161 e. The Morgan fingerprint density at radius 1 is 1.05 bits per heavy atom. The number of benzene rings is 2. The van der Waals surface area contributed by atoms with Crippen LogP contribution in [0.2, 0.25) is 0 Å². The van der Waals surface area contributed by atoms with E-state index in [1.54, 1.807) is 0 Å². The molecule has 0 amide bonds. The Labute approximate surface area is 115 Å². The van der Waals surface area contributed by atoms with Crippen LogP contribution in [0.3, 0.4) is 0 Å². The van der Waals surface area contributed by atoms with Crippen LogP contribution >= 0.6 is 0 Å². The van der Waals surface area contributed by atoms with Crippen molar-refractivity contribution in [3.63, 3.8) is 0 Å². The Bertz CT molecular complexity index is 601. The molecule has 0 unspecified atom stereocenters. The molecule has 96 valence electrons. The SMILES string of the molecule is C/C(=C\c1cc(C2CC2)ccc1C)c1ccccc1. The summed E-state index contributed by atoms with van der Waals surface area (Å²) in [7, 11) is 0. The fourth-order valence-corrected chi connectivity index (χ4v) is 2.50. The third kappa shape index (κ3) is 2.78. The van der Waals surface area contributed by atoms with Crippen molar-refractivity contribution in [2.45, 2.75) is 32.6 Å². The number of rotatable bonds is 3. The van der Waals surface area contributed by atoms with Gasteiger partial charge >= 0.3 is 0 Å². The molecule has 0 bridgehead atoms. The first-order chi connectivity index (χ1) is 9.24. The molecule has 0 radical (unpaired) electrons. The van der Waals surface area contributed by atoms with Crippen LogP contribution in [0.4, 0.5) is 0 Å². The highest BCUT2D eigenvalue weighted by molar-refractivity contribution is 5.81. The molecule has 0 heterocycles. The predicted molar refractivity (Wildman–Crippen MR) is 83.1 cm³/mol. The average molecular weight is 248 g/mol. The largest absolute Gasteiger partial charge is 0.0622 e. The van der Waals surface area contributed by atoms with Gasteiger partial charge in [-0.1, -0.05) is 54.6 Å². The Morgan fingerprint density at radius 3 is 2.47 bits per heavy atom. The molecular formula is C19H20. The molecule has 0 N–H and O–H groups in total. The molecule has 19 heavy (non-hydrogen) atoms. The quantitative estimate of drug-likeness (QED) is 0.635. The van der Waals surface area contributed by atoms with E-state index in [4.69, 9.17) is 0 Å². The van der Waals surface area contributed by atoms with Crippen molar-refractivity contribution in [3.05, 3.63) is 70.8 Å². The van der Waals surface area contributed by atoms with Gasteiger partial charge in [0.25, 0.3) is 0 Å². The highest BCUT2D eigenvalue weighted by Crippen LogP contribution is 2.40. The van der Waals surface area contributed by atoms with E-state index in [0.717, 1.165) is 5.92 Å². The van der Waals surface area contributed by atoms with Crippen molar-refractivity contribution in [3.8, 4) is 0 Å². The molecule has 2 aromatic carbocycles. The van der Waals surface area contributed by atoms with E-state index in [2.05, 4.69) is 68.5 Å². The van der Waals surface area contributed by atoms with Crippen molar-refractivity contribution in [2.75, 3.05) is 0 Å². The Balaban J connectivity index is 1.95. The molecule has 1 saturated carbocycles. The zero-order valence-corrected chi connectivity index (χ0v) is 11.7. The van der Waals surface area contributed by atoms with Gasteiger partial charge in [0, 0.05) is 0 Å². The maximum absolute atomic E-state index is 2.37. The smallest absolute Gasteiger partial charge is 0.0161 e. The van der Waals surface area contributed by atoms with E-state index in [0.29, 0.717) is 0 Å². The zero-order chi connectivity index (χ0) is 13.2. The molecule has 0 nitrogen and oxygen atoms in total. The van der Waals surface area contributed by atoms with Crippen LogP contribution in [0.25, 0.3) is 11.6 Å². The second-order valence-electron chi connectivity index (χ2n) is 5.58. The average Bonchev–Trinajstić information content (AvgIpc) is 3.27. The van der Waals surface area contributed by atoms with Crippen LogP contribution in [0.15, 0.2) is 48.5 Å². The molecule has 0 spiro atoms. The molecule has 2 aromatic rings. The highest BCUT2D eigenvalue weighted by Gasteiger charge is 2.23. The second-order valence-corrected chi connectivity index (χ2v) is 5.58. The van der Waals surface area contributed by atoms with Gasteiger partial charge in [-0.2, -0.15) is 0 Å². The van der Waals surface area contributed by atoms with Gasteiger partial charge in [0.2, 0.25) is 0 Å². The monoisotopic (exact) mass is 248 g/mol. The Morgan fingerprint density at radius 2 is 1.79 bits per heavy atom. The minimum absolute atomic E-state index is 0.824. The van der Waals surface area contributed by atoms with Gasteiger partial charge < -0.3 is 0 Å². The maximum atomic E-state index is 2.37. The molecule has 1 fully saturated rings. The van der Waals surface area contributed by atoms with E-state index >= 15 is 0 Å². The predicted octanol–water partition coefficient (Wildman–Crippen LogP) is 5.43. The van der Waals surface area contributed by atoms with Crippen molar-refractivity contribution < 1.29 is 0 Å². The molecule has 0 atom stereocenters. The van der Waals surface area contributed by atoms with Crippen molar-refractivity contribution in [1.82, 2.24) is 0 Å². The van der Waals surface area contributed by atoms with E-state index < -0.39 is 0 Å². The number of hydrogen-bond donors (Lipinski definition) is 0. The molecule has 3 rings (SSSR count). The van der Waals surface area contributed by atoms with E-state index in [1.165, 1.54) is 40.7 Å². The van der Waals surface area contributed by atoms with Crippen LogP contribution in [-0.2, 0) is 0 Å². The Kier molecular flexibility index (Phi) is 3.25. The van der Waals surface area contributed by atoms with E-state index in [9.17, 15) is 0 Å². The van der Waals surface area contributed by atoms with Crippen LogP contribution < -0.4 is 0 Å². The first kappa shape index (κ1) is 12.2. The zero-order valence-electron chi connectivity index (χ0n) is 11.7. The van der Waals surface area contributed by atoms with E-state index in [-0.39, 0.29) is 0 Å². The summed E-state index contributed by atoms with van der Waals surface area (Å²) in [5.74, 6) is 0.824. The Hall–Kier alpha value is -1.82. The topological polar surface area (TPSA) is 0 Å². The van der Waals surface area contributed by atoms with Gasteiger partial charge in [0.1, 0.15) is 0 Å². The van der Waals surface area contributed by atoms with Crippen LogP contribution in [0, 0.1) is 6.92 Å². The first-order valence-electron chi connectivity index (χ1n) is 7.08. The third-order valence-electron chi connectivity index (χ3n) is 3.95. The van der Waals surface area contributed by atoms with Gasteiger partial charge in [-0.15, -0.1) is 0 Å². The molecule has 0 saturated heterocycles. The lowest BCUT2D eigenvalue weighted by atomic mass is 9.98. The number of hydrogen-bond acceptors (Lipinski definition) is 0. The molecule has 0 aliphatic heterocycles. The molecule has 0 aromatic heterocycles. The fraction of sp³-hybridized carbons (Fsp3) is 0.263. The first-order valence-corrected chi connectivity index (χ1v) is 7.08. The summed E-state index contributed by atoms with van der Waals surface area (Å²) in [5.41, 5.74) is 6.87. The van der Waals surface area contributed by atoms with Gasteiger partial charge in [-0.05, 0) is 60.4 Å². The summed E-state index contributed by atoms with van der Waals surface area (Å²) in [4.78, 5) is 0. The summed E-state index contributed by atoms with van der Waals surface area (Å²) in [6.07, 6.45) is 5.05. The number of allylic oxidation sites excluding steroid dienone is 1. The molecule has 1 aliphatic carbocycles.